The van der Waals surface area contributed by atoms with Crippen LogP contribution in [0.5, 0.6) is 0 Å². The van der Waals surface area contributed by atoms with Gasteiger partial charge in [-0.2, -0.15) is 0 Å². The Balaban J connectivity index is 2.23. The Morgan fingerprint density at radius 3 is 2.72 bits per heavy atom. The molecule has 0 unspecified atom stereocenters. The number of amides is 1. The molecule has 5 nitrogen and oxygen atoms in total. The van der Waals surface area contributed by atoms with Crippen LogP contribution in [0.15, 0.2) is 18.5 Å². The van der Waals surface area contributed by atoms with Crippen molar-refractivity contribution in [2.24, 2.45) is 0 Å². The zero-order valence-corrected chi connectivity index (χ0v) is 11.4. The highest BCUT2D eigenvalue weighted by molar-refractivity contribution is 5.67. The van der Waals surface area contributed by atoms with E-state index in [9.17, 15) is 4.79 Å². The van der Waals surface area contributed by atoms with Crippen LogP contribution in [-0.4, -0.2) is 29.8 Å². The average molecular weight is 251 g/mol. The van der Waals surface area contributed by atoms with Crippen LogP contribution in [0, 0.1) is 6.92 Å². The van der Waals surface area contributed by atoms with Crippen molar-refractivity contribution in [1.29, 1.82) is 0 Å². The van der Waals surface area contributed by atoms with Crippen molar-refractivity contribution in [3.63, 3.8) is 0 Å². The Bertz CT molecular complexity index is 399. The summed E-state index contributed by atoms with van der Waals surface area (Å²) in [5.41, 5.74) is 1.64. The van der Waals surface area contributed by atoms with Gasteiger partial charge in [0.25, 0.3) is 0 Å². The molecule has 1 heterocycles. The number of rotatable bonds is 4. The van der Waals surface area contributed by atoms with Gasteiger partial charge in [0.15, 0.2) is 0 Å². The van der Waals surface area contributed by atoms with Crippen LogP contribution in [-0.2, 0) is 4.74 Å². The number of nitrogens with one attached hydrogen (secondary N) is 2. The summed E-state index contributed by atoms with van der Waals surface area (Å²) in [6.45, 7) is 8.65. The van der Waals surface area contributed by atoms with Gasteiger partial charge in [-0.3, -0.25) is 4.98 Å². The van der Waals surface area contributed by atoms with Crippen molar-refractivity contribution in [2.75, 3.05) is 18.4 Å². The fraction of sp³-hybridized carbons (Fsp3) is 0.538. The number of hydrogen-bond donors (Lipinski definition) is 2. The van der Waals surface area contributed by atoms with Gasteiger partial charge in [0, 0.05) is 31.2 Å². The summed E-state index contributed by atoms with van der Waals surface area (Å²) in [6, 6.07) is 1.91. The number of ether oxygens (including phenoxy) is 1. The topological polar surface area (TPSA) is 63.2 Å². The molecule has 0 spiro atoms. The molecular formula is C13H21N3O2. The zero-order chi connectivity index (χ0) is 13.6. The summed E-state index contributed by atoms with van der Waals surface area (Å²) >= 11 is 0. The largest absolute Gasteiger partial charge is 0.444 e. The van der Waals surface area contributed by atoms with E-state index in [1.165, 1.54) is 0 Å². The molecule has 1 aromatic heterocycles. The lowest BCUT2D eigenvalue weighted by atomic mass is 10.2. The Kier molecular flexibility index (Phi) is 4.95. The number of pyridine rings is 1. The zero-order valence-electron chi connectivity index (χ0n) is 11.4. The molecule has 5 heteroatoms. The number of alkyl carbamates (subject to hydrolysis) is 1. The minimum absolute atomic E-state index is 0.393. The second kappa shape index (κ2) is 6.23. The van der Waals surface area contributed by atoms with Gasteiger partial charge in [0.05, 0.1) is 0 Å². The molecule has 0 bridgehead atoms. The molecule has 0 saturated heterocycles. The first kappa shape index (κ1) is 14.3. The Morgan fingerprint density at radius 1 is 1.39 bits per heavy atom. The van der Waals surface area contributed by atoms with E-state index in [1.54, 1.807) is 12.4 Å². The lowest BCUT2D eigenvalue weighted by Crippen LogP contribution is -2.35. The predicted octanol–water partition coefficient (Wildman–Crippen LogP) is 2.33. The Labute approximate surface area is 108 Å². The summed E-state index contributed by atoms with van der Waals surface area (Å²) < 4.78 is 5.13. The van der Waals surface area contributed by atoms with Crippen molar-refractivity contribution in [1.82, 2.24) is 10.3 Å². The number of nitrogens with zero attached hydrogens (tertiary/aromatic N) is 1. The molecule has 1 rings (SSSR count). The lowest BCUT2D eigenvalue weighted by molar-refractivity contribution is 0.0530. The van der Waals surface area contributed by atoms with Crippen LogP contribution in [0.1, 0.15) is 26.3 Å². The van der Waals surface area contributed by atoms with E-state index in [0.717, 1.165) is 11.3 Å². The summed E-state index contributed by atoms with van der Waals surface area (Å²) in [5, 5.41) is 5.91. The van der Waals surface area contributed by atoms with Gasteiger partial charge in [-0.1, -0.05) is 0 Å². The summed E-state index contributed by atoms with van der Waals surface area (Å²) in [6.07, 6.45) is 3.14. The van der Waals surface area contributed by atoms with E-state index in [4.69, 9.17) is 4.74 Å². The van der Waals surface area contributed by atoms with E-state index in [-0.39, 0.29) is 0 Å². The smallest absolute Gasteiger partial charge is 0.407 e. The SMILES string of the molecule is Cc1cnccc1NCCNC(=O)OC(C)(C)C. The van der Waals surface area contributed by atoms with Crippen LogP contribution < -0.4 is 10.6 Å². The maximum atomic E-state index is 11.4. The van der Waals surface area contributed by atoms with Gasteiger partial charge in [-0.15, -0.1) is 0 Å². The molecule has 100 valence electrons. The lowest BCUT2D eigenvalue weighted by Gasteiger charge is -2.19. The van der Waals surface area contributed by atoms with Gasteiger partial charge in [-0.25, -0.2) is 4.79 Å². The van der Waals surface area contributed by atoms with Crippen molar-refractivity contribution in [3.05, 3.63) is 24.0 Å². The molecule has 0 aliphatic heterocycles. The van der Waals surface area contributed by atoms with E-state index in [0.29, 0.717) is 13.1 Å². The highest BCUT2D eigenvalue weighted by Crippen LogP contribution is 2.10. The van der Waals surface area contributed by atoms with Crippen LogP contribution in [0.4, 0.5) is 10.5 Å². The number of carbonyl (C=O) groups is 1. The molecule has 18 heavy (non-hydrogen) atoms. The second-order valence-electron chi connectivity index (χ2n) is 5.05. The van der Waals surface area contributed by atoms with Crippen LogP contribution in [0.25, 0.3) is 0 Å². The minimum atomic E-state index is -0.459. The average Bonchev–Trinajstić information content (AvgIpc) is 2.24. The van der Waals surface area contributed by atoms with E-state index < -0.39 is 11.7 Å². The number of aromatic nitrogens is 1. The van der Waals surface area contributed by atoms with Crippen LogP contribution >= 0.6 is 0 Å². The molecular weight excluding hydrogens is 230 g/mol. The third-order valence-corrected chi connectivity index (χ3v) is 2.13. The first-order chi connectivity index (χ1) is 8.38. The fourth-order valence-corrected chi connectivity index (χ4v) is 1.35. The molecule has 1 amide bonds. The number of anilines is 1. The first-order valence-electron chi connectivity index (χ1n) is 6.00. The summed E-state index contributed by atoms with van der Waals surface area (Å²) in [7, 11) is 0. The molecule has 0 radical (unpaired) electrons. The van der Waals surface area contributed by atoms with E-state index in [1.807, 2.05) is 33.8 Å². The number of hydrogen-bond acceptors (Lipinski definition) is 4. The standard InChI is InChI=1S/C13H21N3O2/c1-10-9-14-6-5-11(10)15-7-8-16-12(17)18-13(2,3)4/h5-6,9H,7-8H2,1-4H3,(H,14,15)(H,16,17). The molecule has 0 aliphatic carbocycles. The second-order valence-corrected chi connectivity index (χ2v) is 5.05. The summed E-state index contributed by atoms with van der Waals surface area (Å²) in [5.74, 6) is 0. The van der Waals surface area contributed by atoms with Gasteiger partial charge in [0.2, 0.25) is 0 Å². The minimum Gasteiger partial charge on any atom is -0.444 e. The Morgan fingerprint density at radius 2 is 2.11 bits per heavy atom. The normalized spacial score (nSPS) is 10.9. The monoisotopic (exact) mass is 251 g/mol. The van der Waals surface area contributed by atoms with Crippen molar-refractivity contribution >= 4 is 11.8 Å². The Hall–Kier alpha value is -1.78. The van der Waals surface area contributed by atoms with Gasteiger partial charge >= 0.3 is 6.09 Å². The third kappa shape index (κ3) is 5.52. The molecule has 0 atom stereocenters. The highest BCUT2D eigenvalue weighted by Gasteiger charge is 2.15. The molecule has 0 fully saturated rings. The van der Waals surface area contributed by atoms with E-state index in [2.05, 4.69) is 15.6 Å². The maximum absolute atomic E-state index is 11.4. The molecule has 1 aromatic rings. The number of aryl methyl sites for hydroxylation is 1. The molecule has 0 aliphatic rings. The fourth-order valence-electron chi connectivity index (χ4n) is 1.35. The van der Waals surface area contributed by atoms with Gasteiger partial charge in [0.1, 0.15) is 5.60 Å². The first-order valence-corrected chi connectivity index (χ1v) is 6.00. The van der Waals surface area contributed by atoms with Crippen molar-refractivity contribution in [3.8, 4) is 0 Å². The van der Waals surface area contributed by atoms with E-state index >= 15 is 0 Å². The van der Waals surface area contributed by atoms with Gasteiger partial charge in [-0.05, 0) is 39.3 Å². The third-order valence-electron chi connectivity index (χ3n) is 2.13. The summed E-state index contributed by atoms with van der Waals surface area (Å²) in [4.78, 5) is 15.4. The highest BCUT2D eigenvalue weighted by atomic mass is 16.6. The molecule has 0 saturated carbocycles. The quantitative estimate of drug-likeness (QED) is 0.806. The molecule has 0 aromatic carbocycles. The van der Waals surface area contributed by atoms with Crippen molar-refractivity contribution < 1.29 is 9.53 Å². The van der Waals surface area contributed by atoms with Crippen molar-refractivity contribution in [2.45, 2.75) is 33.3 Å². The van der Waals surface area contributed by atoms with Crippen LogP contribution in [0.2, 0.25) is 0 Å². The number of carbonyl (C=O) groups excluding carboxylic acids is 1. The van der Waals surface area contributed by atoms with Gasteiger partial charge < -0.3 is 15.4 Å². The predicted molar refractivity (Wildman–Crippen MR) is 71.7 cm³/mol. The molecule has 2 N–H and O–H groups in total. The maximum Gasteiger partial charge on any atom is 0.407 e. The van der Waals surface area contributed by atoms with Crippen LogP contribution in [0.3, 0.4) is 0 Å².